The van der Waals surface area contributed by atoms with Crippen LogP contribution in [0.4, 0.5) is 10.8 Å². The molecule has 1 N–H and O–H groups in total. The van der Waals surface area contributed by atoms with Crippen LogP contribution in [0.2, 0.25) is 0 Å². The number of benzene rings is 2. The first kappa shape index (κ1) is 22.6. The van der Waals surface area contributed by atoms with Crippen molar-refractivity contribution in [3.63, 3.8) is 0 Å². The summed E-state index contributed by atoms with van der Waals surface area (Å²) in [4.78, 5) is 13.1. The Morgan fingerprint density at radius 2 is 1.91 bits per heavy atom. The number of carbonyl (C=O) groups is 1. The molecular weight excluding hydrogens is 468 g/mol. The zero-order valence-corrected chi connectivity index (χ0v) is 20.2. The average molecular weight is 491 g/mol. The smallest absolute Gasteiger partial charge is 0.269 e. The van der Waals surface area contributed by atoms with Crippen LogP contribution in [0, 0.1) is 13.8 Å². The lowest BCUT2D eigenvalue weighted by Gasteiger charge is -2.34. The second-order valence-electron chi connectivity index (χ2n) is 7.22. The Hall–Kier alpha value is -2.63. The zero-order valence-electron chi connectivity index (χ0n) is 17.7. The van der Waals surface area contributed by atoms with Crippen molar-refractivity contribution in [1.29, 1.82) is 0 Å². The minimum absolute atomic E-state index is 0.155. The number of fused-ring (bicyclic) bond motifs is 1. The summed E-state index contributed by atoms with van der Waals surface area (Å²) in [7, 11) is -3.91. The van der Waals surface area contributed by atoms with Crippen molar-refractivity contribution in [3.05, 3.63) is 53.6 Å². The molecule has 0 spiro atoms. The van der Waals surface area contributed by atoms with Crippen molar-refractivity contribution in [2.45, 2.75) is 36.1 Å². The molecule has 1 atom stereocenters. The van der Waals surface area contributed by atoms with Gasteiger partial charge in [0.05, 0.1) is 17.1 Å². The standard InChI is InChI=1S/C21H22N4O4S3/c1-4-30-21-24-23-20(31-21)22-19(26)18-12-25(16-11-14(3)7-10-17(16)29-18)32(27,28)15-8-5-13(2)6-9-15/h5-11,18H,4,12H2,1-3H3,(H,22,23,26)/t18-/m0/s1. The van der Waals surface area contributed by atoms with E-state index < -0.39 is 22.0 Å². The molecule has 0 fully saturated rings. The lowest BCUT2D eigenvalue weighted by molar-refractivity contribution is -0.122. The topological polar surface area (TPSA) is 101 Å². The number of rotatable bonds is 6. The SMILES string of the molecule is CCSc1nnc(NC(=O)[C@@H]2CN(S(=O)(=O)c3ccc(C)cc3)c3cc(C)ccc3O2)s1. The van der Waals surface area contributed by atoms with Crippen molar-refractivity contribution < 1.29 is 17.9 Å². The maximum atomic E-state index is 13.5. The van der Waals surface area contributed by atoms with E-state index in [-0.39, 0.29) is 11.4 Å². The molecule has 11 heteroatoms. The number of sulfonamides is 1. The predicted molar refractivity (Wildman–Crippen MR) is 126 cm³/mol. The second-order valence-corrected chi connectivity index (χ2v) is 11.6. The molecule has 0 saturated carbocycles. The molecule has 1 amide bonds. The molecule has 0 saturated heterocycles. The van der Waals surface area contributed by atoms with Gasteiger partial charge in [-0.05, 0) is 49.4 Å². The number of carbonyl (C=O) groups excluding carboxylic acids is 1. The molecule has 32 heavy (non-hydrogen) atoms. The number of aromatic nitrogens is 2. The molecule has 0 unspecified atom stereocenters. The van der Waals surface area contributed by atoms with E-state index in [1.54, 1.807) is 36.4 Å². The summed E-state index contributed by atoms with van der Waals surface area (Å²) >= 11 is 2.79. The fourth-order valence-corrected chi connectivity index (χ4v) is 6.31. The summed E-state index contributed by atoms with van der Waals surface area (Å²) in [6.07, 6.45) is -1.04. The first-order valence-electron chi connectivity index (χ1n) is 9.92. The van der Waals surface area contributed by atoms with Gasteiger partial charge < -0.3 is 4.74 Å². The van der Waals surface area contributed by atoms with Crippen molar-refractivity contribution >= 4 is 49.8 Å². The Morgan fingerprint density at radius 3 is 2.62 bits per heavy atom. The first-order valence-corrected chi connectivity index (χ1v) is 13.2. The summed E-state index contributed by atoms with van der Waals surface area (Å²) in [5, 5.41) is 11.0. The summed E-state index contributed by atoms with van der Waals surface area (Å²) in [6, 6.07) is 11.9. The number of anilines is 2. The molecule has 2 aromatic carbocycles. The van der Waals surface area contributed by atoms with Gasteiger partial charge in [0, 0.05) is 0 Å². The predicted octanol–water partition coefficient (Wildman–Crippen LogP) is 3.86. The number of thioether (sulfide) groups is 1. The lowest BCUT2D eigenvalue weighted by atomic mass is 10.1. The molecular formula is C21H22N4O4S3. The van der Waals surface area contributed by atoms with Gasteiger partial charge in [-0.2, -0.15) is 0 Å². The van der Waals surface area contributed by atoms with Gasteiger partial charge in [-0.3, -0.25) is 14.4 Å². The Bertz CT molecular complexity index is 1240. The highest BCUT2D eigenvalue weighted by Gasteiger charge is 2.38. The monoisotopic (exact) mass is 490 g/mol. The molecule has 1 aliphatic heterocycles. The quantitative estimate of drug-likeness (QED) is 0.413. The largest absolute Gasteiger partial charge is 0.476 e. The van der Waals surface area contributed by atoms with Crippen LogP contribution >= 0.6 is 23.1 Å². The minimum Gasteiger partial charge on any atom is -0.476 e. The molecule has 0 aliphatic carbocycles. The molecule has 2 heterocycles. The van der Waals surface area contributed by atoms with E-state index in [0.29, 0.717) is 16.6 Å². The fourth-order valence-electron chi connectivity index (χ4n) is 3.19. The Kier molecular flexibility index (Phi) is 6.40. The third-order valence-corrected chi connectivity index (χ3v) is 8.44. The molecule has 3 aromatic rings. The normalized spacial score (nSPS) is 15.7. The van der Waals surface area contributed by atoms with Crippen LogP contribution < -0.4 is 14.4 Å². The molecule has 168 valence electrons. The van der Waals surface area contributed by atoms with E-state index in [2.05, 4.69) is 15.5 Å². The van der Waals surface area contributed by atoms with Gasteiger partial charge >= 0.3 is 0 Å². The Labute approximate surface area is 195 Å². The van der Waals surface area contributed by atoms with Gasteiger partial charge in [0.2, 0.25) is 5.13 Å². The highest BCUT2D eigenvalue weighted by molar-refractivity contribution is 8.01. The fraction of sp³-hybridized carbons (Fsp3) is 0.286. The molecule has 8 nitrogen and oxygen atoms in total. The van der Waals surface area contributed by atoms with Gasteiger partial charge in [0.15, 0.2) is 10.4 Å². The van der Waals surface area contributed by atoms with Crippen LogP contribution in [-0.4, -0.2) is 42.9 Å². The van der Waals surface area contributed by atoms with E-state index >= 15 is 0 Å². The molecule has 1 aromatic heterocycles. The van der Waals surface area contributed by atoms with Crippen LogP contribution in [0.1, 0.15) is 18.1 Å². The lowest BCUT2D eigenvalue weighted by Crippen LogP contribution is -2.48. The van der Waals surface area contributed by atoms with Gasteiger partial charge in [-0.15, -0.1) is 10.2 Å². The van der Waals surface area contributed by atoms with Crippen LogP contribution in [0.25, 0.3) is 0 Å². The second kappa shape index (κ2) is 9.08. The van der Waals surface area contributed by atoms with Crippen LogP contribution in [0.3, 0.4) is 0 Å². The van der Waals surface area contributed by atoms with E-state index in [0.717, 1.165) is 21.2 Å². The van der Waals surface area contributed by atoms with Gasteiger partial charge in [-0.25, -0.2) is 8.42 Å². The van der Waals surface area contributed by atoms with E-state index in [1.165, 1.54) is 27.4 Å². The number of ether oxygens (including phenoxy) is 1. The summed E-state index contributed by atoms with van der Waals surface area (Å²) < 4.78 is 34.9. The maximum Gasteiger partial charge on any atom is 0.269 e. The van der Waals surface area contributed by atoms with Crippen LogP contribution in [-0.2, 0) is 14.8 Å². The van der Waals surface area contributed by atoms with E-state index in [1.807, 2.05) is 26.8 Å². The maximum absolute atomic E-state index is 13.5. The van der Waals surface area contributed by atoms with Gasteiger partial charge in [0.25, 0.3) is 15.9 Å². The summed E-state index contributed by atoms with van der Waals surface area (Å²) in [6.45, 7) is 5.61. The minimum atomic E-state index is -3.91. The number of amides is 1. The molecule has 4 rings (SSSR count). The average Bonchev–Trinajstić information content (AvgIpc) is 3.20. The third kappa shape index (κ3) is 4.59. The molecule has 0 radical (unpaired) electrons. The highest BCUT2D eigenvalue weighted by atomic mass is 32.2. The number of nitrogens with one attached hydrogen (secondary N) is 1. The first-order chi connectivity index (χ1) is 15.3. The van der Waals surface area contributed by atoms with Crippen molar-refractivity contribution in [2.75, 3.05) is 21.9 Å². The number of nitrogens with zero attached hydrogens (tertiary/aromatic N) is 3. The van der Waals surface area contributed by atoms with Crippen molar-refractivity contribution in [2.24, 2.45) is 0 Å². The van der Waals surface area contributed by atoms with Crippen molar-refractivity contribution in [1.82, 2.24) is 10.2 Å². The van der Waals surface area contributed by atoms with E-state index in [9.17, 15) is 13.2 Å². The van der Waals surface area contributed by atoms with Gasteiger partial charge in [0.1, 0.15) is 5.75 Å². The number of hydrogen-bond acceptors (Lipinski definition) is 8. The molecule has 0 bridgehead atoms. The number of aryl methyl sites for hydroxylation is 2. The third-order valence-electron chi connectivity index (χ3n) is 4.79. The summed E-state index contributed by atoms with van der Waals surface area (Å²) in [5.41, 5.74) is 2.25. The molecule has 1 aliphatic rings. The Morgan fingerprint density at radius 1 is 1.19 bits per heavy atom. The van der Waals surface area contributed by atoms with E-state index in [4.69, 9.17) is 4.74 Å². The Balaban J connectivity index is 1.65. The highest BCUT2D eigenvalue weighted by Crippen LogP contribution is 2.38. The van der Waals surface area contributed by atoms with Crippen molar-refractivity contribution in [3.8, 4) is 5.75 Å². The summed E-state index contributed by atoms with van der Waals surface area (Å²) in [5.74, 6) is 0.692. The van der Waals surface area contributed by atoms with Crippen LogP contribution in [0.5, 0.6) is 5.75 Å². The zero-order chi connectivity index (χ0) is 22.9. The van der Waals surface area contributed by atoms with Gasteiger partial charge in [-0.1, -0.05) is 53.8 Å². The number of hydrogen-bond donors (Lipinski definition) is 1. The van der Waals surface area contributed by atoms with Crippen LogP contribution in [0.15, 0.2) is 51.7 Å².